The minimum Gasteiger partial charge on any atom is -0.473 e. The predicted molar refractivity (Wildman–Crippen MR) is 123 cm³/mol. The molecule has 164 valence electrons. The Morgan fingerprint density at radius 1 is 1.26 bits per heavy atom. The topological polar surface area (TPSA) is 115 Å². The van der Waals surface area contributed by atoms with Crippen molar-refractivity contribution in [3.8, 4) is 5.88 Å². The van der Waals surface area contributed by atoms with Crippen molar-refractivity contribution in [2.45, 2.75) is 58.1 Å². The molecule has 0 unspecified atom stereocenters. The monoisotopic (exact) mass is 440 g/mol. The second-order valence-corrected chi connectivity index (χ2v) is 8.85. The first kappa shape index (κ1) is 21.5. The Morgan fingerprint density at radius 3 is 2.84 bits per heavy atom. The van der Waals surface area contributed by atoms with Crippen LogP contribution in [0.5, 0.6) is 5.88 Å². The third-order valence-electron chi connectivity index (χ3n) is 5.49. The normalized spacial score (nSPS) is 18.7. The maximum Gasteiger partial charge on any atom is 0.261 e. The molecule has 1 aliphatic rings. The van der Waals surface area contributed by atoms with Crippen LogP contribution in [0, 0.1) is 6.92 Å². The highest BCUT2D eigenvalue weighted by Gasteiger charge is 2.23. The van der Waals surface area contributed by atoms with Gasteiger partial charge in [0.2, 0.25) is 5.88 Å². The van der Waals surface area contributed by atoms with Crippen LogP contribution in [0.3, 0.4) is 0 Å². The van der Waals surface area contributed by atoms with Crippen molar-refractivity contribution < 1.29 is 9.53 Å². The zero-order valence-electron chi connectivity index (χ0n) is 17.9. The highest BCUT2D eigenvalue weighted by molar-refractivity contribution is 7.20. The van der Waals surface area contributed by atoms with E-state index in [0.29, 0.717) is 23.1 Å². The van der Waals surface area contributed by atoms with Gasteiger partial charge in [-0.15, -0.1) is 11.3 Å². The molecule has 1 aliphatic carbocycles. The minimum atomic E-state index is -0.0748. The van der Waals surface area contributed by atoms with Crippen molar-refractivity contribution in [3.63, 3.8) is 0 Å². The van der Waals surface area contributed by atoms with E-state index in [1.54, 1.807) is 6.20 Å². The molecule has 8 nitrogen and oxygen atoms in total. The van der Waals surface area contributed by atoms with E-state index in [2.05, 4.69) is 25.6 Å². The van der Waals surface area contributed by atoms with Crippen LogP contribution >= 0.6 is 11.3 Å². The number of fused-ring (bicyclic) bond motifs is 1. The lowest BCUT2D eigenvalue weighted by Crippen LogP contribution is -2.31. The molecule has 0 aromatic carbocycles. The standard InChI is InChI=1S/C22H28N6O2S/c1-3-10-24-20(29)18-13(2)17-19(26-12-27-22(17)31-18)28-16-5-4-11-25-21(16)30-15-8-6-14(23)7-9-15/h4-5,11-12,14-15H,3,6-10,23H2,1-2H3,(H,24,29)(H,26,27,28). The Kier molecular flexibility index (Phi) is 6.62. The lowest BCUT2D eigenvalue weighted by Gasteiger charge is -2.27. The fourth-order valence-corrected chi connectivity index (χ4v) is 4.84. The highest BCUT2D eigenvalue weighted by atomic mass is 32.1. The number of carbonyl (C=O) groups is 1. The van der Waals surface area contributed by atoms with Gasteiger partial charge in [0.05, 0.1) is 10.3 Å². The molecule has 0 saturated heterocycles. The molecule has 3 aromatic rings. The molecule has 1 fully saturated rings. The van der Waals surface area contributed by atoms with Crippen molar-refractivity contribution in [3.05, 3.63) is 35.1 Å². The molecule has 31 heavy (non-hydrogen) atoms. The van der Waals surface area contributed by atoms with Crippen molar-refractivity contribution >= 4 is 39.0 Å². The van der Waals surface area contributed by atoms with Gasteiger partial charge < -0.3 is 21.1 Å². The second kappa shape index (κ2) is 9.57. The average molecular weight is 441 g/mol. The third-order valence-corrected chi connectivity index (χ3v) is 6.69. The van der Waals surface area contributed by atoms with Gasteiger partial charge >= 0.3 is 0 Å². The van der Waals surface area contributed by atoms with Crippen LogP contribution in [-0.4, -0.2) is 39.5 Å². The predicted octanol–water partition coefficient (Wildman–Crippen LogP) is 3.93. The molecule has 1 saturated carbocycles. The van der Waals surface area contributed by atoms with Crippen LogP contribution < -0.4 is 21.1 Å². The first-order valence-electron chi connectivity index (χ1n) is 10.7. The van der Waals surface area contributed by atoms with Gasteiger partial charge in [0.25, 0.3) is 5.91 Å². The molecule has 0 bridgehead atoms. The van der Waals surface area contributed by atoms with E-state index in [1.807, 2.05) is 26.0 Å². The number of carbonyl (C=O) groups excluding carboxylic acids is 1. The van der Waals surface area contributed by atoms with Crippen molar-refractivity contribution in [1.82, 2.24) is 20.3 Å². The van der Waals surface area contributed by atoms with Gasteiger partial charge in [0.1, 0.15) is 28.8 Å². The van der Waals surface area contributed by atoms with Gasteiger partial charge in [-0.05, 0) is 56.7 Å². The molecule has 0 radical (unpaired) electrons. The summed E-state index contributed by atoms with van der Waals surface area (Å²) in [4.78, 5) is 27.2. The molecule has 0 aliphatic heterocycles. The fourth-order valence-electron chi connectivity index (χ4n) is 3.77. The van der Waals surface area contributed by atoms with Gasteiger partial charge in [0.15, 0.2) is 0 Å². The Balaban J connectivity index is 1.60. The number of hydrogen-bond acceptors (Lipinski definition) is 8. The van der Waals surface area contributed by atoms with Crippen LogP contribution in [-0.2, 0) is 0 Å². The SMILES string of the molecule is CCCNC(=O)c1sc2ncnc(Nc3cccnc3OC3CCC(N)CC3)c2c1C. The number of nitrogens with two attached hydrogens (primary N) is 1. The van der Waals surface area contributed by atoms with Crippen LogP contribution in [0.1, 0.15) is 54.3 Å². The lowest BCUT2D eigenvalue weighted by molar-refractivity contribution is 0.0957. The number of hydrogen-bond donors (Lipinski definition) is 3. The number of anilines is 2. The molecule has 3 heterocycles. The zero-order chi connectivity index (χ0) is 21.8. The Hall–Kier alpha value is -2.78. The fraction of sp³-hybridized carbons (Fsp3) is 0.455. The maximum atomic E-state index is 12.6. The molecule has 1 amide bonds. The van der Waals surface area contributed by atoms with Gasteiger partial charge in [-0.3, -0.25) is 4.79 Å². The molecule has 4 N–H and O–H groups in total. The van der Waals surface area contributed by atoms with E-state index >= 15 is 0 Å². The summed E-state index contributed by atoms with van der Waals surface area (Å²) in [5.74, 6) is 1.11. The van der Waals surface area contributed by atoms with Crippen LogP contribution in [0.25, 0.3) is 10.2 Å². The summed E-state index contributed by atoms with van der Waals surface area (Å²) < 4.78 is 6.20. The Bertz CT molecular complexity index is 1060. The minimum absolute atomic E-state index is 0.0748. The first-order chi connectivity index (χ1) is 15.1. The van der Waals surface area contributed by atoms with Crippen molar-refractivity contribution in [2.75, 3.05) is 11.9 Å². The zero-order valence-corrected chi connectivity index (χ0v) is 18.7. The van der Waals surface area contributed by atoms with E-state index in [0.717, 1.165) is 53.6 Å². The average Bonchev–Trinajstić information content (AvgIpc) is 3.12. The largest absolute Gasteiger partial charge is 0.473 e. The number of thiophene rings is 1. The number of nitrogens with zero attached hydrogens (tertiary/aromatic N) is 3. The van der Waals surface area contributed by atoms with Crippen molar-refractivity contribution in [2.24, 2.45) is 5.73 Å². The molecule has 0 atom stereocenters. The van der Waals surface area contributed by atoms with E-state index in [1.165, 1.54) is 17.7 Å². The molecule has 4 rings (SSSR count). The van der Waals surface area contributed by atoms with Gasteiger partial charge in [-0.2, -0.15) is 0 Å². The summed E-state index contributed by atoms with van der Waals surface area (Å²) in [6.45, 7) is 4.60. The van der Waals surface area contributed by atoms with E-state index in [9.17, 15) is 4.79 Å². The molecule has 3 aromatic heterocycles. The number of ether oxygens (including phenoxy) is 1. The molecular weight excluding hydrogens is 412 g/mol. The summed E-state index contributed by atoms with van der Waals surface area (Å²) in [6, 6.07) is 4.04. The van der Waals surface area contributed by atoms with Crippen LogP contribution in [0.2, 0.25) is 0 Å². The summed E-state index contributed by atoms with van der Waals surface area (Å²) in [7, 11) is 0. The molecule has 9 heteroatoms. The quantitative estimate of drug-likeness (QED) is 0.510. The third kappa shape index (κ3) is 4.77. The smallest absolute Gasteiger partial charge is 0.261 e. The van der Waals surface area contributed by atoms with Gasteiger partial charge in [0, 0.05) is 18.8 Å². The Morgan fingerprint density at radius 2 is 2.06 bits per heavy atom. The highest BCUT2D eigenvalue weighted by Crippen LogP contribution is 2.36. The van der Waals surface area contributed by atoms with Gasteiger partial charge in [-0.1, -0.05) is 6.92 Å². The summed E-state index contributed by atoms with van der Waals surface area (Å²) >= 11 is 1.38. The maximum absolute atomic E-state index is 12.6. The summed E-state index contributed by atoms with van der Waals surface area (Å²) in [5.41, 5.74) is 7.62. The number of aromatic nitrogens is 3. The van der Waals surface area contributed by atoms with E-state index in [-0.39, 0.29) is 18.1 Å². The van der Waals surface area contributed by atoms with Crippen LogP contribution in [0.15, 0.2) is 24.7 Å². The van der Waals surface area contributed by atoms with Gasteiger partial charge in [-0.25, -0.2) is 15.0 Å². The van der Waals surface area contributed by atoms with Crippen LogP contribution in [0.4, 0.5) is 11.5 Å². The van der Waals surface area contributed by atoms with E-state index in [4.69, 9.17) is 10.5 Å². The number of pyridine rings is 1. The second-order valence-electron chi connectivity index (χ2n) is 7.85. The number of amides is 1. The summed E-state index contributed by atoms with van der Waals surface area (Å²) in [5, 5.41) is 7.14. The molecule has 0 spiro atoms. The first-order valence-corrected chi connectivity index (χ1v) is 11.5. The van der Waals surface area contributed by atoms with E-state index < -0.39 is 0 Å². The number of aryl methyl sites for hydroxylation is 1. The van der Waals surface area contributed by atoms with Crippen molar-refractivity contribution in [1.29, 1.82) is 0 Å². The summed E-state index contributed by atoms with van der Waals surface area (Å²) in [6.07, 6.45) is 8.00. The number of nitrogens with one attached hydrogen (secondary N) is 2. The molecular formula is C22H28N6O2S. The Labute approximate surface area is 185 Å². The lowest BCUT2D eigenvalue weighted by atomic mass is 9.94. The number of rotatable bonds is 7.